The standard InChI is InChI=1S/C14H20N2OS/c1-2-12-11-18-14(16-12)15-9-6-10-17-13-7-4-3-5-8-13/h3-5,7-8,12H,2,6,9-11H2,1H3,(H,15,16). The molecular weight excluding hydrogens is 244 g/mol. The van der Waals surface area contributed by atoms with Gasteiger partial charge in [-0.3, -0.25) is 4.99 Å². The zero-order chi connectivity index (χ0) is 12.6. The molecule has 1 heterocycles. The molecule has 3 nitrogen and oxygen atoms in total. The highest BCUT2D eigenvalue weighted by molar-refractivity contribution is 8.14. The van der Waals surface area contributed by atoms with Crippen molar-refractivity contribution in [2.45, 2.75) is 25.8 Å². The highest BCUT2D eigenvalue weighted by atomic mass is 32.2. The number of hydrogen-bond donors (Lipinski definition) is 1. The van der Waals surface area contributed by atoms with E-state index >= 15 is 0 Å². The molecule has 0 aliphatic carbocycles. The van der Waals surface area contributed by atoms with E-state index in [0.29, 0.717) is 6.04 Å². The van der Waals surface area contributed by atoms with Gasteiger partial charge in [0.1, 0.15) is 5.75 Å². The molecule has 2 rings (SSSR count). The molecule has 1 unspecified atom stereocenters. The maximum Gasteiger partial charge on any atom is 0.156 e. The van der Waals surface area contributed by atoms with Gasteiger partial charge in [-0.05, 0) is 18.6 Å². The topological polar surface area (TPSA) is 33.6 Å². The van der Waals surface area contributed by atoms with Crippen LogP contribution < -0.4 is 10.1 Å². The fourth-order valence-electron chi connectivity index (χ4n) is 1.70. The van der Waals surface area contributed by atoms with Crippen molar-refractivity contribution in [3.8, 4) is 5.75 Å². The second-order valence-corrected chi connectivity index (χ2v) is 5.27. The minimum absolute atomic E-state index is 0.606. The summed E-state index contributed by atoms with van der Waals surface area (Å²) >= 11 is 1.83. The van der Waals surface area contributed by atoms with Crippen molar-refractivity contribution < 1.29 is 4.74 Å². The molecule has 0 radical (unpaired) electrons. The van der Waals surface area contributed by atoms with Gasteiger partial charge in [0.05, 0.1) is 6.61 Å². The molecular formula is C14H20N2OS. The zero-order valence-corrected chi connectivity index (χ0v) is 11.6. The van der Waals surface area contributed by atoms with E-state index < -0.39 is 0 Å². The van der Waals surface area contributed by atoms with Crippen LogP contribution >= 0.6 is 11.8 Å². The van der Waals surface area contributed by atoms with Crippen molar-refractivity contribution in [1.82, 2.24) is 5.32 Å². The summed E-state index contributed by atoms with van der Waals surface area (Å²) in [5.74, 6) is 2.08. The number of nitrogens with one attached hydrogen (secondary N) is 1. The number of ether oxygens (including phenoxy) is 1. The Labute approximate surface area is 113 Å². The lowest BCUT2D eigenvalue weighted by Gasteiger charge is -2.05. The molecule has 0 bridgehead atoms. The third-order valence-corrected chi connectivity index (χ3v) is 3.90. The van der Waals surface area contributed by atoms with Crippen LogP contribution in [0.25, 0.3) is 0 Å². The van der Waals surface area contributed by atoms with Crippen molar-refractivity contribution >= 4 is 16.9 Å². The third-order valence-electron chi connectivity index (χ3n) is 2.81. The molecule has 1 aromatic carbocycles. The van der Waals surface area contributed by atoms with E-state index in [0.717, 1.165) is 36.2 Å². The smallest absolute Gasteiger partial charge is 0.156 e. The van der Waals surface area contributed by atoms with Crippen LogP contribution in [0.3, 0.4) is 0 Å². The monoisotopic (exact) mass is 264 g/mol. The van der Waals surface area contributed by atoms with Crippen LogP contribution in [0, 0.1) is 0 Å². The van der Waals surface area contributed by atoms with E-state index in [1.807, 2.05) is 42.1 Å². The quantitative estimate of drug-likeness (QED) is 0.802. The molecule has 0 aromatic heterocycles. The van der Waals surface area contributed by atoms with Gasteiger partial charge < -0.3 is 10.1 Å². The highest BCUT2D eigenvalue weighted by Gasteiger charge is 2.17. The molecule has 18 heavy (non-hydrogen) atoms. The number of thioether (sulfide) groups is 1. The fraction of sp³-hybridized carbons (Fsp3) is 0.500. The molecule has 0 saturated carbocycles. The van der Waals surface area contributed by atoms with Crippen LogP contribution in [-0.4, -0.2) is 30.1 Å². The average molecular weight is 264 g/mol. The van der Waals surface area contributed by atoms with E-state index in [9.17, 15) is 0 Å². The summed E-state index contributed by atoms with van der Waals surface area (Å²) in [6.45, 7) is 3.76. The Morgan fingerprint density at radius 1 is 1.39 bits per heavy atom. The molecule has 1 atom stereocenters. The van der Waals surface area contributed by atoms with E-state index in [1.54, 1.807) is 0 Å². The predicted molar refractivity (Wildman–Crippen MR) is 78.5 cm³/mol. The van der Waals surface area contributed by atoms with E-state index in [2.05, 4.69) is 17.2 Å². The molecule has 1 saturated heterocycles. The Hall–Kier alpha value is -1.16. The van der Waals surface area contributed by atoms with Crippen molar-refractivity contribution in [2.24, 2.45) is 4.99 Å². The number of hydrogen-bond acceptors (Lipinski definition) is 3. The van der Waals surface area contributed by atoms with Gasteiger partial charge in [-0.15, -0.1) is 0 Å². The van der Waals surface area contributed by atoms with Gasteiger partial charge in [-0.25, -0.2) is 0 Å². The van der Waals surface area contributed by atoms with Crippen LogP contribution in [0.15, 0.2) is 35.3 Å². The number of amidine groups is 1. The maximum atomic E-state index is 5.62. The summed E-state index contributed by atoms with van der Waals surface area (Å²) in [7, 11) is 0. The maximum absolute atomic E-state index is 5.62. The lowest BCUT2D eigenvalue weighted by atomic mass is 10.3. The normalized spacial score (nSPS) is 20.9. The van der Waals surface area contributed by atoms with Gasteiger partial charge in [-0.1, -0.05) is 36.9 Å². The Morgan fingerprint density at radius 3 is 2.94 bits per heavy atom. The first-order valence-corrected chi connectivity index (χ1v) is 7.48. The van der Waals surface area contributed by atoms with Crippen LogP contribution in [0.1, 0.15) is 19.8 Å². The molecule has 98 valence electrons. The summed E-state index contributed by atoms with van der Waals surface area (Å²) in [4.78, 5) is 4.54. The van der Waals surface area contributed by atoms with Crippen LogP contribution in [-0.2, 0) is 0 Å². The minimum atomic E-state index is 0.606. The second-order valence-electron chi connectivity index (χ2n) is 4.26. The molecule has 1 N–H and O–H groups in total. The highest BCUT2D eigenvalue weighted by Crippen LogP contribution is 2.15. The van der Waals surface area contributed by atoms with E-state index in [-0.39, 0.29) is 0 Å². The predicted octanol–water partition coefficient (Wildman–Crippen LogP) is 2.93. The number of rotatable bonds is 6. The van der Waals surface area contributed by atoms with E-state index in [1.165, 1.54) is 6.42 Å². The Bertz CT molecular complexity index is 381. The number of aliphatic imine (C=N–C) groups is 1. The van der Waals surface area contributed by atoms with Crippen molar-refractivity contribution in [1.29, 1.82) is 0 Å². The SMILES string of the molecule is CCC1CSC(=NCCCOc2ccccc2)N1. The summed E-state index contributed by atoms with van der Waals surface area (Å²) in [6, 6.07) is 10.5. The largest absolute Gasteiger partial charge is 0.494 e. The van der Waals surface area contributed by atoms with Gasteiger partial charge in [0, 0.05) is 24.8 Å². The van der Waals surface area contributed by atoms with Gasteiger partial charge in [0.15, 0.2) is 5.17 Å². The average Bonchev–Trinajstić information content (AvgIpc) is 2.87. The molecule has 0 spiro atoms. The van der Waals surface area contributed by atoms with Crippen LogP contribution in [0.2, 0.25) is 0 Å². The van der Waals surface area contributed by atoms with Gasteiger partial charge in [0.25, 0.3) is 0 Å². The Morgan fingerprint density at radius 2 is 2.22 bits per heavy atom. The third kappa shape index (κ3) is 4.26. The number of nitrogens with zero attached hydrogens (tertiary/aromatic N) is 1. The summed E-state index contributed by atoms with van der Waals surface area (Å²) in [6.07, 6.45) is 2.13. The minimum Gasteiger partial charge on any atom is -0.494 e. The number of para-hydroxylation sites is 1. The summed E-state index contributed by atoms with van der Waals surface area (Å²) in [5, 5.41) is 4.52. The Balaban J connectivity index is 1.60. The molecule has 1 aliphatic heterocycles. The molecule has 1 aromatic rings. The Kier molecular flexibility index (Phi) is 5.39. The summed E-state index contributed by atoms with van der Waals surface area (Å²) < 4.78 is 5.62. The summed E-state index contributed by atoms with van der Waals surface area (Å²) in [5.41, 5.74) is 0. The second kappa shape index (κ2) is 7.31. The zero-order valence-electron chi connectivity index (χ0n) is 10.8. The van der Waals surface area contributed by atoms with Crippen molar-refractivity contribution in [3.63, 3.8) is 0 Å². The van der Waals surface area contributed by atoms with Gasteiger partial charge in [-0.2, -0.15) is 0 Å². The first-order chi connectivity index (χ1) is 8.88. The van der Waals surface area contributed by atoms with Gasteiger partial charge >= 0.3 is 0 Å². The van der Waals surface area contributed by atoms with Crippen LogP contribution in [0.4, 0.5) is 0 Å². The lowest BCUT2D eigenvalue weighted by Crippen LogP contribution is -2.25. The molecule has 4 heteroatoms. The van der Waals surface area contributed by atoms with Crippen LogP contribution in [0.5, 0.6) is 5.75 Å². The molecule has 1 fully saturated rings. The van der Waals surface area contributed by atoms with Gasteiger partial charge in [0.2, 0.25) is 0 Å². The lowest BCUT2D eigenvalue weighted by molar-refractivity contribution is 0.313. The van der Waals surface area contributed by atoms with Crippen molar-refractivity contribution in [2.75, 3.05) is 18.9 Å². The number of benzene rings is 1. The first-order valence-electron chi connectivity index (χ1n) is 6.50. The first kappa shape index (κ1) is 13.3. The fourth-order valence-corrected chi connectivity index (χ4v) is 2.81. The molecule has 1 aliphatic rings. The van der Waals surface area contributed by atoms with Crippen molar-refractivity contribution in [3.05, 3.63) is 30.3 Å². The molecule has 0 amide bonds. The van der Waals surface area contributed by atoms with E-state index in [4.69, 9.17) is 4.74 Å².